The van der Waals surface area contributed by atoms with Gasteiger partial charge in [0.15, 0.2) is 0 Å². The Bertz CT molecular complexity index is 732. The number of likely N-dealkylation sites (tertiary alicyclic amines) is 1. The number of anilines is 1. The van der Waals surface area contributed by atoms with Crippen LogP contribution >= 0.6 is 0 Å². The fourth-order valence-electron chi connectivity index (χ4n) is 3.94. The molecule has 2 heterocycles. The van der Waals surface area contributed by atoms with Crippen LogP contribution in [-0.4, -0.2) is 33.8 Å². The number of fused-ring (bicyclic) bond motifs is 1. The maximum Gasteiger partial charge on any atom is 0.323 e. The van der Waals surface area contributed by atoms with Crippen LogP contribution in [0.5, 0.6) is 0 Å². The van der Waals surface area contributed by atoms with Crippen LogP contribution in [0.4, 0.5) is 15.0 Å². The molecular formula is C18H21FN4O. The van der Waals surface area contributed by atoms with Gasteiger partial charge >= 0.3 is 6.03 Å². The van der Waals surface area contributed by atoms with Gasteiger partial charge in [0.05, 0.1) is 12.7 Å². The van der Waals surface area contributed by atoms with E-state index >= 15 is 0 Å². The van der Waals surface area contributed by atoms with Crippen molar-refractivity contribution in [1.82, 2.24) is 14.7 Å². The molecule has 126 valence electrons. The molecule has 0 radical (unpaired) electrons. The first-order chi connectivity index (χ1) is 11.7. The number of hydrogen-bond donors (Lipinski definition) is 1. The monoisotopic (exact) mass is 328 g/mol. The van der Waals surface area contributed by atoms with Crippen LogP contribution in [-0.2, 0) is 6.54 Å². The van der Waals surface area contributed by atoms with Gasteiger partial charge in [-0.3, -0.25) is 5.32 Å². The first-order valence-corrected chi connectivity index (χ1v) is 8.52. The third-order valence-electron chi connectivity index (χ3n) is 5.24. The van der Waals surface area contributed by atoms with E-state index in [0.717, 1.165) is 13.1 Å². The molecule has 0 spiro atoms. The molecule has 1 saturated heterocycles. The van der Waals surface area contributed by atoms with Gasteiger partial charge in [0.25, 0.3) is 0 Å². The van der Waals surface area contributed by atoms with Crippen molar-refractivity contribution in [3.8, 4) is 0 Å². The Morgan fingerprint density at radius 1 is 1.21 bits per heavy atom. The van der Waals surface area contributed by atoms with E-state index < -0.39 is 0 Å². The van der Waals surface area contributed by atoms with E-state index in [1.165, 1.54) is 25.3 Å². The molecule has 1 aromatic carbocycles. The van der Waals surface area contributed by atoms with E-state index in [0.29, 0.717) is 29.8 Å². The van der Waals surface area contributed by atoms with E-state index in [2.05, 4.69) is 10.4 Å². The maximum atomic E-state index is 13.8. The SMILES string of the molecule is O=C(Nc1ccnn1Cc1ccccc1F)N1CC2CCCC2C1. The minimum Gasteiger partial charge on any atom is -0.324 e. The Morgan fingerprint density at radius 3 is 2.71 bits per heavy atom. The summed E-state index contributed by atoms with van der Waals surface area (Å²) in [6, 6.07) is 8.28. The molecular weight excluding hydrogens is 307 g/mol. The molecule has 1 aromatic heterocycles. The maximum absolute atomic E-state index is 13.8. The van der Waals surface area contributed by atoms with Crippen molar-refractivity contribution in [3.63, 3.8) is 0 Å². The fraction of sp³-hybridized carbons (Fsp3) is 0.444. The number of nitrogens with zero attached hydrogens (tertiary/aromatic N) is 3. The summed E-state index contributed by atoms with van der Waals surface area (Å²) in [4.78, 5) is 14.4. The minimum absolute atomic E-state index is 0.0836. The number of carbonyl (C=O) groups is 1. The zero-order valence-electron chi connectivity index (χ0n) is 13.5. The number of benzene rings is 1. The van der Waals surface area contributed by atoms with Gasteiger partial charge in [-0.15, -0.1) is 0 Å². The second-order valence-electron chi connectivity index (χ2n) is 6.75. The van der Waals surface area contributed by atoms with Crippen LogP contribution < -0.4 is 5.32 Å². The van der Waals surface area contributed by atoms with Gasteiger partial charge < -0.3 is 4.90 Å². The lowest BCUT2D eigenvalue weighted by atomic mass is 10.0. The smallest absolute Gasteiger partial charge is 0.323 e. The zero-order valence-corrected chi connectivity index (χ0v) is 13.5. The number of hydrogen-bond acceptors (Lipinski definition) is 2. The summed E-state index contributed by atoms with van der Waals surface area (Å²) in [5, 5.41) is 7.13. The van der Waals surface area contributed by atoms with Crippen LogP contribution in [0.15, 0.2) is 36.5 Å². The highest BCUT2D eigenvalue weighted by atomic mass is 19.1. The lowest BCUT2D eigenvalue weighted by Gasteiger charge is -2.18. The Labute approximate surface area is 140 Å². The lowest BCUT2D eigenvalue weighted by Crippen LogP contribution is -2.34. The number of aromatic nitrogens is 2. The molecule has 2 atom stereocenters. The molecule has 0 bridgehead atoms. The van der Waals surface area contributed by atoms with Crippen molar-refractivity contribution < 1.29 is 9.18 Å². The average Bonchev–Trinajstić information content (AvgIpc) is 3.26. The van der Waals surface area contributed by atoms with Crippen molar-refractivity contribution in [2.24, 2.45) is 11.8 Å². The van der Waals surface area contributed by atoms with Crippen LogP contribution in [0.3, 0.4) is 0 Å². The summed E-state index contributed by atoms with van der Waals surface area (Å²) >= 11 is 0. The largest absolute Gasteiger partial charge is 0.324 e. The first-order valence-electron chi connectivity index (χ1n) is 8.52. The average molecular weight is 328 g/mol. The number of rotatable bonds is 3. The van der Waals surface area contributed by atoms with Crippen molar-refractivity contribution >= 4 is 11.8 Å². The molecule has 1 N–H and O–H groups in total. The number of amides is 2. The standard InChI is InChI=1S/C18H21FN4O/c19-16-7-2-1-4-15(16)12-23-17(8-9-20-23)21-18(24)22-10-13-5-3-6-14(13)11-22/h1-2,4,7-9,13-14H,3,5-6,10-12H2,(H,21,24). The molecule has 2 aliphatic rings. The summed E-state index contributed by atoms with van der Waals surface area (Å²) < 4.78 is 15.4. The topological polar surface area (TPSA) is 50.2 Å². The van der Waals surface area contributed by atoms with Crippen LogP contribution in [0.2, 0.25) is 0 Å². The normalized spacial score (nSPS) is 22.6. The van der Waals surface area contributed by atoms with Gasteiger partial charge in [-0.2, -0.15) is 5.10 Å². The summed E-state index contributed by atoms with van der Waals surface area (Å²) in [6.45, 7) is 1.98. The third kappa shape index (κ3) is 2.88. The Morgan fingerprint density at radius 2 is 1.96 bits per heavy atom. The molecule has 2 unspecified atom stereocenters. The number of halogens is 1. The molecule has 1 saturated carbocycles. The van der Waals surface area contributed by atoms with E-state index in [-0.39, 0.29) is 11.8 Å². The van der Waals surface area contributed by atoms with E-state index in [1.807, 2.05) is 4.90 Å². The second-order valence-corrected chi connectivity index (χ2v) is 6.75. The highest BCUT2D eigenvalue weighted by Crippen LogP contribution is 2.37. The first kappa shape index (κ1) is 15.2. The Kier molecular flexibility index (Phi) is 3.96. The van der Waals surface area contributed by atoms with Crippen molar-refractivity contribution in [2.75, 3.05) is 18.4 Å². The van der Waals surface area contributed by atoms with E-state index in [4.69, 9.17) is 0 Å². The lowest BCUT2D eigenvalue weighted by molar-refractivity contribution is 0.218. The van der Waals surface area contributed by atoms with E-state index in [9.17, 15) is 9.18 Å². The second kappa shape index (κ2) is 6.26. The van der Waals surface area contributed by atoms with Gasteiger partial charge in [-0.1, -0.05) is 24.6 Å². The molecule has 2 amide bonds. The molecule has 4 rings (SSSR count). The minimum atomic E-state index is -0.266. The quantitative estimate of drug-likeness (QED) is 0.939. The van der Waals surface area contributed by atoms with Gasteiger partial charge in [-0.25, -0.2) is 13.9 Å². The summed E-state index contributed by atoms with van der Waals surface area (Å²) in [6.07, 6.45) is 5.38. The fourth-order valence-corrected chi connectivity index (χ4v) is 3.94. The number of nitrogens with one attached hydrogen (secondary N) is 1. The molecule has 5 nitrogen and oxygen atoms in total. The molecule has 2 fully saturated rings. The number of carbonyl (C=O) groups excluding carboxylic acids is 1. The molecule has 2 aromatic rings. The predicted molar refractivity (Wildman–Crippen MR) is 89.2 cm³/mol. The molecule has 1 aliphatic carbocycles. The number of urea groups is 1. The highest BCUT2D eigenvalue weighted by molar-refractivity contribution is 5.88. The summed E-state index contributed by atoms with van der Waals surface area (Å²) in [5.74, 6) is 1.66. The van der Waals surface area contributed by atoms with Crippen LogP contribution in [0.25, 0.3) is 0 Å². The highest BCUT2D eigenvalue weighted by Gasteiger charge is 2.38. The molecule has 1 aliphatic heterocycles. The molecule has 6 heteroatoms. The van der Waals surface area contributed by atoms with Crippen LogP contribution in [0.1, 0.15) is 24.8 Å². The Balaban J connectivity index is 1.43. The van der Waals surface area contributed by atoms with Crippen molar-refractivity contribution in [2.45, 2.75) is 25.8 Å². The summed E-state index contributed by atoms with van der Waals surface area (Å²) in [7, 11) is 0. The Hall–Kier alpha value is -2.37. The van der Waals surface area contributed by atoms with Crippen molar-refractivity contribution in [1.29, 1.82) is 0 Å². The van der Waals surface area contributed by atoms with Gasteiger partial charge in [0, 0.05) is 24.7 Å². The van der Waals surface area contributed by atoms with Gasteiger partial charge in [0.1, 0.15) is 11.6 Å². The third-order valence-corrected chi connectivity index (χ3v) is 5.24. The van der Waals surface area contributed by atoms with Gasteiger partial charge in [-0.05, 0) is 30.7 Å². The van der Waals surface area contributed by atoms with Crippen LogP contribution in [0, 0.1) is 17.7 Å². The predicted octanol–water partition coefficient (Wildman–Crippen LogP) is 3.33. The van der Waals surface area contributed by atoms with Gasteiger partial charge in [0.2, 0.25) is 0 Å². The zero-order chi connectivity index (χ0) is 16.5. The van der Waals surface area contributed by atoms with Crippen molar-refractivity contribution in [3.05, 3.63) is 47.9 Å². The molecule has 24 heavy (non-hydrogen) atoms. The van der Waals surface area contributed by atoms with E-state index in [1.54, 1.807) is 35.1 Å². The summed E-state index contributed by atoms with van der Waals surface area (Å²) in [5.41, 5.74) is 0.549.